The van der Waals surface area contributed by atoms with Gasteiger partial charge in [-0.1, -0.05) is 57.2 Å². The quantitative estimate of drug-likeness (QED) is 0.300. The molecule has 1 saturated carbocycles. The maximum atomic E-state index is 13.2. The lowest BCUT2D eigenvalue weighted by Gasteiger charge is -2.53. The standard InChI is InChI=1S/C26H36ClNO6/c1-8-14-31-20-19-21(26(20,27)15-18(29)32-16-17-12-10-9-11-13-17)33-22(24(2,3)4)28(19)23(30)34-25(5,6)7/h8-13,19-22H,1,14-16H2,2-7H3/t19-,20-,21-,22+,26-/m0/s1. The van der Waals surface area contributed by atoms with Gasteiger partial charge in [-0.3, -0.25) is 9.69 Å². The fraction of sp³-hybridized carbons (Fsp3) is 0.615. The first-order valence-corrected chi connectivity index (χ1v) is 11.9. The van der Waals surface area contributed by atoms with Crippen LogP contribution in [0.1, 0.15) is 53.5 Å². The largest absolute Gasteiger partial charge is 0.461 e. The van der Waals surface area contributed by atoms with Gasteiger partial charge in [0.1, 0.15) is 35.5 Å². The molecule has 1 heterocycles. The average molecular weight is 494 g/mol. The molecule has 1 amide bonds. The number of hydrogen-bond donors (Lipinski definition) is 0. The van der Waals surface area contributed by atoms with Crippen molar-refractivity contribution >= 4 is 23.7 Å². The number of hydrogen-bond acceptors (Lipinski definition) is 6. The number of carbonyl (C=O) groups excluding carboxylic acids is 2. The highest BCUT2D eigenvalue weighted by Crippen LogP contribution is 2.55. The number of carbonyl (C=O) groups is 2. The van der Waals surface area contributed by atoms with E-state index in [2.05, 4.69) is 6.58 Å². The van der Waals surface area contributed by atoms with Crippen LogP contribution in [0.25, 0.3) is 0 Å². The summed E-state index contributed by atoms with van der Waals surface area (Å²) in [5, 5.41) is 0. The zero-order valence-electron chi connectivity index (χ0n) is 20.9. The van der Waals surface area contributed by atoms with Gasteiger partial charge in [0.05, 0.1) is 19.1 Å². The molecule has 0 N–H and O–H groups in total. The molecule has 5 atom stereocenters. The number of rotatable bonds is 7. The molecule has 0 radical (unpaired) electrons. The number of amides is 1. The molecule has 2 fully saturated rings. The van der Waals surface area contributed by atoms with Gasteiger partial charge in [0.2, 0.25) is 0 Å². The third-order valence-corrected chi connectivity index (χ3v) is 6.38. The van der Waals surface area contributed by atoms with Crippen molar-refractivity contribution in [2.75, 3.05) is 6.61 Å². The van der Waals surface area contributed by atoms with Crippen LogP contribution in [0.15, 0.2) is 43.0 Å². The van der Waals surface area contributed by atoms with Crippen molar-refractivity contribution in [3.05, 3.63) is 48.6 Å². The molecule has 2 aliphatic rings. The van der Waals surface area contributed by atoms with E-state index in [4.69, 9.17) is 30.5 Å². The minimum atomic E-state index is -1.19. The Morgan fingerprint density at radius 3 is 2.38 bits per heavy atom. The predicted molar refractivity (Wildman–Crippen MR) is 129 cm³/mol. The van der Waals surface area contributed by atoms with Gasteiger partial charge in [-0.25, -0.2) is 4.79 Å². The van der Waals surface area contributed by atoms with Crippen molar-refractivity contribution in [2.24, 2.45) is 5.41 Å². The van der Waals surface area contributed by atoms with Gasteiger partial charge in [0.25, 0.3) is 0 Å². The van der Waals surface area contributed by atoms with Crippen LogP contribution < -0.4 is 0 Å². The predicted octanol–water partition coefficient (Wildman–Crippen LogP) is 5.06. The van der Waals surface area contributed by atoms with Crippen LogP contribution in [0.3, 0.4) is 0 Å². The van der Waals surface area contributed by atoms with Crippen LogP contribution >= 0.6 is 11.6 Å². The summed E-state index contributed by atoms with van der Waals surface area (Å²) in [6.45, 7) is 15.4. The zero-order valence-corrected chi connectivity index (χ0v) is 21.6. The fourth-order valence-electron chi connectivity index (χ4n) is 4.39. The second-order valence-corrected chi connectivity index (χ2v) is 11.6. The number of fused-ring (bicyclic) bond motifs is 1. The van der Waals surface area contributed by atoms with E-state index in [1.54, 1.807) is 11.0 Å². The molecule has 1 aliphatic carbocycles. The van der Waals surface area contributed by atoms with Crippen LogP contribution in [0.4, 0.5) is 4.79 Å². The highest BCUT2D eigenvalue weighted by molar-refractivity contribution is 6.27. The molecule has 1 aliphatic heterocycles. The van der Waals surface area contributed by atoms with Crippen molar-refractivity contribution < 1.29 is 28.5 Å². The Kier molecular flexibility index (Phi) is 7.70. The second-order valence-electron chi connectivity index (χ2n) is 10.9. The summed E-state index contributed by atoms with van der Waals surface area (Å²) in [5.74, 6) is -0.462. The molecule has 7 nitrogen and oxygen atoms in total. The molecule has 0 bridgehead atoms. The highest BCUT2D eigenvalue weighted by Gasteiger charge is 2.72. The lowest BCUT2D eigenvalue weighted by atomic mass is 9.70. The van der Waals surface area contributed by atoms with Gasteiger partial charge in [-0.2, -0.15) is 0 Å². The van der Waals surface area contributed by atoms with E-state index in [1.165, 1.54) is 0 Å². The average Bonchev–Trinajstić information content (AvgIpc) is 3.10. The summed E-state index contributed by atoms with van der Waals surface area (Å²) in [6, 6.07) is 8.92. The van der Waals surface area contributed by atoms with Gasteiger partial charge < -0.3 is 18.9 Å². The minimum absolute atomic E-state index is 0.122. The van der Waals surface area contributed by atoms with E-state index in [-0.39, 0.29) is 19.6 Å². The summed E-state index contributed by atoms with van der Waals surface area (Å²) in [4.78, 5) is 26.4. The number of ether oxygens (including phenoxy) is 4. The molecule has 188 valence electrons. The molecular formula is C26H36ClNO6. The molecule has 8 heteroatoms. The summed E-state index contributed by atoms with van der Waals surface area (Å²) in [5.41, 5.74) is -0.229. The van der Waals surface area contributed by atoms with E-state index >= 15 is 0 Å². The van der Waals surface area contributed by atoms with Gasteiger partial charge in [-0.15, -0.1) is 18.2 Å². The van der Waals surface area contributed by atoms with Crippen LogP contribution in [0, 0.1) is 5.41 Å². The van der Waals surface area contributed by atoms with E-state index in [0.717, 1.165) is 5.56 Å². The molecule has 1 saturated heterocycles. The van der Waals surface area contributed by atoms with Gasteiger partial charge >= 0.3 is 12.1 Å². The molecule has 1 aromatic carbocycles. The fourth-order valence-corrected chi connectivity index (χ4v) is 4.87. The van der Waals surface area contributed by atoms with Gasteiger partial charge in [0, 0.05) is 5.41 Å². The molecule has 34 heavy (non-hydrogen) atoms. The van der Waals surface area contributed by atoms with Crippen molar-refractivity contribution in [3.8, 4) is 0 Å². The molecule has 1 aromatic rings. The normalized spacial score (nSPS) is 28.6. The Labute approximate surface area is 207 Å². The Hall–Kier alpha value is -2.09. The first kappa shape index (κ1) is 26.5. The third-order valence-electron chi connectivity index (χ3n) is 5.81. The van der Waals surface area contributed by atoms with Crippen LogP contribution in [0.2, 0.25) is 0 Å². The minimum Gasteiger partial charge on any atom is -0.461 e. The zero-order chi connectivity index (χ0) is 25.3. The molecule has 0 aromatic heterocycles. The number of alkyl halides is 1. The molecule has 0 unspecified atom stereocenters. The number of benzene rings is 1. The number of halogens is 1. The summed E-state index contributed by atoms with van der Waals surface area (Å²) < 4.78 is 23.5. The molecule has 3 rings (SSSR count). The lowest BCUT2D eigenvalue weighted by Crippen LogP contribution is -2.74. The van der Waals surface area contributed by atoms with Crippen molar-refractivity contribution in [3.63, 3.8) is 0 Å². The van der Waals surface area contributed by atoms with Crippen molar-refractivity contribution in [1.29, 1.82) is 0 Å². The summed E-state index contributed by atoms with van der Waals surface area (Å²) in [7, 11) is 0. The van der Waals surface area contributed by atoms with Crippen LogP contribution in [0.5, 0.6) is 0 Å². The molecule has 0 spiro atoms. The maximum absolute atomic E-state index is 13.2. The molecular weight excluding hydrogens is 458 g/mol. The van der Waals surface area contributed by atoms with Crippen molar-refractivity contribution in [2.45, 2.75) is 89.5 Å². The van der Waals surface area contributed by atoms with E-state index < -0.39 is 52.4 Å². The Morgan fingerprint density at radius 1 is 1.18 bits per heavy atom. The smallest absolute Gasteiger partial charge is 0.412 e. The summed E-state index contributed by atoms with van der Waals surface area (Å²) >= 11 is 7.04. The topological polar surface area (TPSA) is 74.3 Å². The number of nitrogens with zero attached hydrogens (tertiary/aromatic N) is 1. The van der Waals surface area contributed by atoms with E-state index in [0.29, 0.717) is 0 Å². The van der Waals surface area contributed by atoms with Gasteiger partial charge in [-0.05, 0) is 26.3 Å². The van der Waals surface area contributed by atoms with Crippen molar-refractivity contribution in [1.82, 2.24) is 4.90 Å². The Bertz CT molecular complexity index is 893. The SMILES string of the molecule is C=CCO[C@H]1[C@H]2[C@H](O[C@H](C(C)(C)C)N2C(=O)OC(C)(C)C)[C@]1(Cl)CC(=O)OCc1ccccc1. The monoisotopic (exact) mass is 493 g/mol. The maximum Gasteiger partial charge on any atom is 0.412 e. The van der Waals surface area contributed by atoms with E-state index in [1.807, 2.05) is 71.9 Å². The summed E-state index contributed by atoms with van der Waals surface area (Å²) in [6.07, 6.45) is -0.909. The number of esters is 1. The lowest BCUT2D eigenvalue weighted by molar-refractivity contribution is -0.160. The first-order chi connectivity index (χ1) is 15.8. The van der Waals surface area contributed by atoms with E-state index in [9.17, 15) is 9.59 Å². The third kappa shape index (κ3) is 5.58. The van der Waals surface area contributed by atoms with Gasteiger partial charge in [0.15, 0.2) is 0 Å². The Balaban J connectivity index is 1.82. The second kappa shape index (κ2) is 9.88. The van der Waals surface area contributed by atoms with Crippen LogP contribution in [-0.2, 0) is 30.3 Å². The first-order valence-electron chi connectivity index (χ1n) is 11.6. The Morgan fingerprint density at radius 2 is 1.82 bits per heavy atom. The van der Waals surface area contributed by atoms with Crippen LogP contribution in [-0.4, -0.2) is 58.5 Å². The highest BCUT2D eigenvalue weighted by atomic mass is 35.5.